The van der Waals surface area contributed by atoms with Gasteiger partial charge in [0.15, 0.2) is 6.61 Å². The van der Waals surface area contributed by atoms with Crippen LogP contribution in [0.4, 0.5) is 5.69 Å². The van der Waals surface area contributed by atoms with Crippen LogP contribution in [0.1, 0.15) is 15.9 Å². The highest BCUT2D eigenvalue weighted by molar-refractivity contribution is 5.92. The van der Waals surface area contributed by atoms with Crippen molar-refractivity contribution in [1.29, 1.82) is 0 Å². The second-order valence-electron chi connectivity index (χ2n) is 4.54. The molecule has 0 atom stereocenters. The molecule has 0 aliphatic heterocycles. The SMILES string of the molecule is Cc1cccc(NC(=O)COc2cccc(C(=O)O)c2)c1. The fourth-order valence-corrected chi connectivity index (χ4v) is 1.79. The van der Waals surface area contributed by atoms with Crippen molar-refractivity contribution in [2.45, 2.75) is 6.92 Å². The van der Waals surface area contributed by atoms with Gasteiger partial charge in [-0.3, -0.25) is 4.79 Å². The van der Waals surface area contributed by atoms with Crippen LogP contribution in [0.25, 0.3) is 0 Å². The minimum Gasteiger partial charge on any atom is -0.484 e. The number of amides is 1. The molecule has 2 N–H and O–H groups in total. The van der Waals surface area contributed by atoms with E-state index < -0.39 is 5.97 Å². The number of benzene rings is 2. The van der Waals surface area contributed by atoms with Crippen molar-refractivity contribution in [2.24, 2.45) is 0 Å². The molecular weight excluding hydrogens is 270 g/mol. The van der Waals surface area contributed by atoms with Crippen LogP contribution in [0.15, 0.2) is 48.5 Å². The van der Waals surface area contributed by atoms with Crippen molar-refractivity contribution in [3.05, 3.63) is 59.7 Å². The average molecular weight is 285 g/mol. The molecule has 0 saturated carbocycles. The van der Waals surface area contributed by atoms with Gasteiger partial charge in [-0.2, -0.15) is 0 Å². The lowest BCUT2D eigenvalue weighted by Gasteiger charge is -2.08. The second-order valence-corrected chi connectivity index (χ2v) is 4.54. The summed E-state index contributed by atoms with van der Waals surface area (Å²) in [5.74, 6) is -1.000. The Morgan fingerprint density at radius 1 is 1.14 bits per heavy atom. The molecule has 2 aromatic carbocycles. The normalized spacial score (nSPS) is 9.95. The molecule has 0 aliphatic carbocycles. The van der Waals surface area contributed by atoms with Crippen LogP contribution in [0.3, 0.4) is 0 Å². The Morgan fingerprint density at radius 3 is 2.62 bits per heavy atom. The van der Waals surface area contributed by atoms with Gasteiger partial charge in [0.2, 0.25) is 0 Å². The zero-order chi connectivity index (χ0) is 15.2. The van der Waals surface area contributed by atoms with Gasteiger partial charge in [0.05, 0.1) is 5.56 Å². The molecule has 0 aliphatic rings. The Balaban J connectivity index is 1.92. The third-order valence-corrected chi connectivity index (χ3v) is 2.75. The fraction of sp³-hybridized carbons (Fsp3) is 0.125. The van der Waals surface area contributed by atoms with Gasteiger partial charge in [0.1, 0.15) is 5.75 Å². The summed E-state index contributed by atoms with van der Waals surface area (Å²) in [6.45, 7) is 1.75. The van der Waals surface area contributed by atoms with Crippen molar-refractivity contribution in [2.75, 3.05) is 11.9 Å². The fourth-order valence-electron chi connectivity index (χ4n) is 1.79. The van der Waals surface area contributed by atoms with E-state index in [4.69, 9.17) is 9.84 Å². The Labute approximate surface area is 122 Å². The summed E-state index contributed by atoms with van der Waals surface area (Å²) in [7, 11) is 0. The van der Waals surface area contributed by atoms with Gasteiger partial charge in [-0.1, -0.05) is 18.2 Å². The smallest absolute Gasteiger partial charge is 0.335 e. The molecule has 2 aromatic rings. The predicted octanol–water partition coefficient (Wildman–Crippen LogP) is 2.71. The topological polar surface area (TPSA) is 75.6 Å². The summed E-state index contributed by atoms with van der Waals surface area (Å²) in [4.78, 5) is 22.6. The van der Waals surface area contributed by atoms with E-state index in [1.54, 1.807) is 18.2 Å². The summed E-state index contributed by atoms with van der Waals surface area (Å²) < 4.78 is 5.29. The molecule has 0 radical (unpaired) electrons. The van der Waals surface area contributed by atoms with Crippen molar-refractivity contribution in [1.82, 2.24) is 0 Å². The van der Waals surface area contributed by atoms with E-state index in [1.165, 1.54) is 12.1 Å². The van der Waals surface area contributed by atoms with Gasteiger partial charge in [0.25, 0.3) is 5.91 Å². The van der Waals surface area contributed by atoms with Crippen LogP contribution in [0.2, 0.25) is 0 Å². The lowest BCUT2D eigenvalue weighted by Crippen LogP contribution is -2.20. The highest BCUT2D eigenvalue weighted by Crippen LogP contribution is 2.14. The average Bonchev–Trinajstić information content (AvgIpc) is 2.45. The van der Waals surface area contributed by atoms with Gasteiger partial charge < -0.3 is 15.2 Å². The molecule has 2 rings (SSSR count). The minimum absolute atomic E-state index is 0.117. The van der Waals surface area contributed by atoms with Crippen LogP contribution < -0.4 is 10.1 Å². The molecule has 5 nitrogen and oxygen atoms in total. The van der Waals surface area contributed by atoms with Crippen molar-refractivity contribution >= 4 is 17.6 Å². The van der Waals surface area contributed by atoms with Gasteiger partial charge in [-0.05, 0) is 42.8 Å². The molecule has 0 fully saturated rings. The Hall–Kier alpha value is -2.82. The first-order valence-corrected chi connectivity index (χ1v) is 6.37. The van der Waals surface area contributed by atoms with E-state index in [0.29, 0.717) is 11.4 Å². The molecule has 21 heavy (non-hydrogen) atoms. The van der Waals surface area contributed by atoms with E-state index >= 15 is 0 Å². The van der Waals surface area contributed by atoms with Crippen LogP contribution in [-0.2, 0) is 4.79 Å². The maximum Gasteiger partial charge on any atom is 0.335 e. The predicted molar refractivity (Wildman–Crippen MR) is 78.7 cm³/mol. The first kappa shape index (κ1) is 14.6. The van der Waals surface area contributed by atoms with E-state index in [2.05, 4.69) is 5.32 Å². The second kappa shape index (κ2) is 6.56. The molecule has 0 bridgehead atoms. The van der Waals surface area contributed by atoms with Gasteiger partial charge in [-0.15, -0.1) is 0 Å². The van der Waals surface area contributed by atoms with Crippen LogP contribution in [-0.4, -0.2) is 23.6 Å². The number of carboxylic acid groups (broad SMARTS) is 1. The van der Waals surface area contributed by atoms with E-state index in [-0.39, 0.29) is 18.1 Å². The van der Waals surface area contributed by atoms with Crippen molar-refractivity contribution in [3.8, 4) is 5.75 Å². The molecule has 0 saturated heterocycles. The lowest BCUT2D eigenvalue weighted by molar-refractivity contribution is -0.118. The Bertz CT molecular complexity index is 667. The number of carbonyl (C=O) groups is 2. The number of carbonyl (C=O) groups excluding carboxylic acids is 1. The third kappa shape index (κ3) is 4.35. The van der Waals surface area contributed by atoms with E-state index in [0.717, 1.165) is 5.56 Å². The monoisotopic (exact) mass is 285 g/mol. The standard InChI is InChI=1S/C16H15NO4/c1-11-4-2-6-13(8-11)17-15(18)10-21-14-7-3-5-12(9-14)16(19)20/h2-9H,10H2,1H3,(H,17,18)(H,19,20). The number of rotatable bonds is 5. The number of carboxylic acids is 1. The number of hydrogen-bond acceptors (Lipinski definition) is 3. The van der Waals surface area contributed by atoms with Crippen LogP contribution in [0, 0.1) is 6.92 Å². The Kier molecular flexibility index (Phi) is 4.56. The molecule has 1 amide bonds. The molecule has 0 unspecified atom stereocenters. The summed E-state index contributed by atoms with van der Waals surface area (Å²) in [5.41, 5.74) is 1.86. The summed E-state index contributed by atoms with van der Waals surface area (Å²) in [5, 5.41) is 11.6. The van der Waals surface area contributed by atoms with E-state index in [9.17, 15) is 9.59 Å². The largest absolute Gasteiger partial charge is 0.484 e. The maximum absolute atomic E-state index is 11.8. The van der Waals surface area contributed by atoms with Crippen LogP contribution >= 0.6 is 0 Å². The van der Waals surface area contributed by atoms with Crippen molar-refractivity contribution in [3.63, 3.8) is 0 Å². The Morgan fingerprint density at radius 2 is 1.90 bits per heavy atom. The number of nitrogens with one attached hydrogen (secondary N) is 1. The number of hydrogen-bond donors (Lipinski definition) is 2. The molecule has 108 valence electrons. The van der Waals surface area contributed by atoms with Gasteiger partial charge in [-0.25, -0.2) is 4.79 Å². The maximum atomic E-state index is 11.8. The quantitative estimate of drug-likeness (QED) is 0.885. The first-order chi connectivity index (χ1) is 10.0. The number of aromatic carboxylic acids is 1. The molecular formula is C16H15NO4. The van der Waals surface area contributed by atoms with Crippen LogP contribution in [0.5, 0.6) is 5.75 Å². The third-order valence-electron chi connectivity index (χ3n) is 2.75. The number of ether oxygens (including phenoxy) is 1. The molecule has 0 spiro atoms. The highest BCUT2D eigenvalue weighted by Gasteiger charge is 2.06. The minimum atomic E-state index is -1.04. The van der Waals surface area contributed by atoms with E-state index in [1.807, 2.05) is 25.1 Å². The lowest BCUT2D eigenvalue weighted by atomic mass is 10.2. The summed E-state index contributed by atoms with van der Waals surface area (Å²) >= 11 is 0. The van der Waals surface area contributed by atoms with Crippen molar-refractivity contribution < 1.29 is 19.4 Å². The summed E-state index contributed by atoms with van der Waals surface area (Å²) in [6, 6.07) is 13.4. The summed E-state index contributed by atoms with van der Waals surface area (Å²) in [6.07, 6.45) is 0. The molecule has 0 aromatic heterocycles. The highest BCUT2D eigenvalue weighted by atomic mass is 16.5. The zero-order valence-electron chi connectivity index (χ0n) is 11.5. The molecule has 0 heterocycles. The van der Waals surface area contributed by atoms with Gasteiger partial charge >= 0.3 is 5.97 Å². The number of anilines is 1. The zero-order valence-corrected chi connectivity index (χ0v) is 11.5. The van der Waals surface area contributed by atoms with Gasteiger partial charge in [0, 0.05) is 5.69 Å². The first-order valence-electron chi connectivity index (χ1n) is 6.37. The number of aryl methyl sites for hydroxylation is 1. The molecule has 5 heteroatoms.